The molecule has 1 aromatic rings. The first-order valence-electron chi connectivity index (χ1n) is 3.09. The summed E-state index contributed by atoms with van der Waals surface area (Å²) < 4.78 is 0. The molecule has 0 saturated carbocycles. The zero-order valence-electron chi connectivity index (χ0n) is 6.02. The van der Waals surface area contributed by atoms with Crippen molar-refractivity contribution in [2.75, 3.05) is 5.73 Å². The molecule has 62 valence electrons. The van der Waals surface area contributed by atoms with Crippen LogP contribution in [0.2, 0.25) is 0 Å². The number of carbonyl (C=O) groups is 2. The van der Waals surface area contributed by atoms with Crippen LogP contribution >= 0.6 is 0 Å². The quantitative estimate of drug-likeness (QED) is 0.611. The van der Waals surface area contributed by atoms with Gasteiger partial charge in [0, 0.05) is 11.8 Å². The van der Waals surface area contributed by atoms with Crippen molar-refractivity contribution in [2.45, 2.75) is 0 Å². The van der Waals surface area contributed by atoms with Crippen LogP contribution in [0, 0.1) is 0 Å². The number of carboxylic acid groups (broad SMARTS) is 1. The van der Waals surface area contributed by atoms with E-state index in [2.05, 4.69) is 4.98 Å². The van der Waals surface area contributed by atoms with Gasteiger partial charge in [-0.2, -0.15) is 0 Å². The Hall–Kier alpha value is -1.91. The summed E-state index contributed by atoms with van der Waals surface area (Å²) in [6.45, 7) is 0. The Labute approximate surface area is 67.8 Å². The van der Waals surface area contributed by atoms with Crippen LogP contribution in [0.15, 0.2) is 12.3 Å². The summed E-state index contributed by atoms with van der Waals surface area (Å²) in [7, 11) is 0. The summed E-state index contributed by atoms with van der Waals surface area (Å²) in [5, 5.41) is 8.55. The third-order valence-electron chi connectivity index (χ3n) is 1.31. The maximum Gasteiger partial charge on any atom is 0.339 e. The fourth-order valence-corrected chi connectivity index (χ4v) is 0.727. The molecule has 0 aliphatic rings. The Kier molecular flexibility index (Phi) is 2.05. The number of carbonyl (C=O) groups excluding carboxylic acids is 1. The van der Waals surface area contributed by atoms with E-state index in [1.165, 1.54) is 12.3 Å². The number of nitrogens with two attached hydrogens (primary N) is 1. The van der Waals surface area contributed by atoms with E-state index in [-0.39, 0.29) is 16.9 Å². The van der Waals surface area contributed by atoms with E-state index in [0.29, 0.717) is 6.29 Å². The Morgan fingerprint density at radius 2 is 2.33 bits per heavy atom. The van der Waals surface area contributed by atoms with Gasteiger partial charge in [0.1, 0.15) is 11.4 Å². The van der Waals surface area contributed by atoms with Crippen LogP contribution in [0.4, 0.5) is 5.82 Å². The minimum absolute atomic E-state index is 0.0897. The van der Waals surface area contributed by atoms with Gasteiger partial charge in [0.05, 0.1) is 0 Å². The lowest BCUT2D eigenvalue weighted by Crippen LogP contribution is -2.05. The number of anilines is 1. The summed E-state index contributed by atoms with van der Waals surface area (Å²) in [5.41, 5.74) is 5.28. The normalized spacial score (nSPS) is 9.33. The van der Waals surface area contributed by atoms with E-state index in [1.54, 1.807) is 0 Å². The number of nitrogens with zero attached hydrogens (tertiary/aromatic N) is 1. The molecule has 1 heterocycles. The number of pyridine rings is 1. The van der Waals surface area contributed by atoms with Crippen molar-refractivity contribution in [3.8, 4) is 0 Å². The van der Waals surface area contributed by atoms with Crippen molar-refractivity contribution in [1.82, 2.24) is 4.98 Å². The van der Waals surface area contributed by atoms with Gasteiger partial charge >= 0.3 is 5.97 Å². The second kappa shape index (κ2) is 3.00. The van der Waals surface area contributed by atoms with Gasteiger partial charge in [-0.05, 0) is 6.07 Å². The summed E-state index contributed by atoms with van der Waals surface area (Å²) >= 11 is 0. The topological polar surface area (TPSA) is 93.3 Å². The molecular formula is C7H6N2O3. The van der Waals surface area contributed by atoms with E-state index < -0.39 is 5.97 Å². The summed E-state index contributed by atoms with van der Waals surface area (Å²) in [4.78, 5) is 24.2. The van der Waals surface area contributed by atoms with Crippen molar-refractivity contribution in [1.29, 1.82) is 0 Å². The van der Waals surface area contributed by atoms with Crippen molar-refractivity contribution in [3.05, 3.63) is 23.4 Å². The number of rotatable bonds is 2. The minimum atomic E-state index is -1.19. The zero-order valence-corrected chi connectivity index (χ0v) is 6.02. The number of hydrogen-bond donors (Lipinski definition) is 2. The molecule has 3 N–H and O–H groups in total. The van der Waals surface area contributed by atoms with Gasteiger partial charge in [0.25, 0.3) is 0 Å². The Balaban J connectivity index is 3.25. The molecule has 0 spiro atoms. The highest BCUT2D eigenvalue weighted by Gasteiger charge is 2.08. The van der Waals surface area contributed by atoms with Crippen molar-refractivity contribution in [2.24, 2.45) is 0 Å². The number of carboxylic acids is 1. The molecule has 5 nitrogen and oxygen atoms in total. The second-order valence-corrected chi connectivity index (χ2v) is 2.12. The van der Waals surface area contributed by atoms with Gasteiger partial charge in [-0.15, -0.1) is 0 Å². The SMILES string of the molecule is Nc1ncc(C=O)cc1C(=O)O. The van der Waals surface area contributed by atoms with E-state index in [4.69, 9.17) is 10.8 Å². The monoisotopic (exact) mass is 166 g/mol. The average molecular weight is 166 g/mol. The maximum absolute atomic E-state index is 10.5. The maximum atomic E-state index is 10.5. The van der Waals surface area contributed by atoms with Gasteiger partial charge in [0.2, 0.25) is 0 Å². The lowest BCUT2D eigenvalue weighted by Gasteiger charge is -1.98. The third kappa shape index (κ3) is 1.39. The minimum Gasteiger partial charge on any atom is -0.478 e. The third-order valence-corrected chi connectivity index (χ3v) is 1.31. The van der Waals surface area contributed by atoms with Gasteiger partial charge in [-0.25, -0.2) is 9.78 Å². The molecule has 0 unspecified atom stereocenters. The van der Waals surface area contributed by atoms with Crippen LogP contribution in [-0.2, 0) is 0 Å². The standard InChI is InChI=1S/C7H6N2O3/c8-6-5(7(11)12)1-4(3-10)2-9-6/h1-3H,(H2,8,9)(H,11,12). The molecule has 0 aliphatic heterocycles. The molecule has 1 rings (SSSR count). The lowest BCUT2D eigenvalue weighted by atomic mass is 10.2. The molecule has 0 amide bonds. The Morgan fingerprint density at radius 1 is 1.67 bits per heavy atom. The molecule has 0 radical (unpaired) electrons. The first kappa shape index (κ1) is 8.19. The molecule has 1 aromatic heterocycles. The van der Waals surface area contributed by atoms with Crippen LogP contribution in [0.3, 0.4) is 0 Å². The van der Waals surface area contributed by atoms with Gasteiger partial charge < -0.3 is 10.8 Å². The number of nitrogen functional groups attached to an aromatic ring is 1. The number of aldehydes is 1. The molecular weight excluding hydrogens is 160 g/mol. The van der Waals surface area contributed by atoms with E-state index >= 15 is 0 Å². The van der Waals surface area contributed by atoms with E-state index in [0.717, 1.165) is 0 Å². The second-order valence-electron chi connectivity index (χ2n) is 2.12. The first-order valence-corrected chi connectivity index (χ1v) is 3.09. The molecule has 5 heteroatoms. The predicted molar refractivity (Wildman–Crippen MR) is 41.0 cm³/mol. The summed E-state index contributed by atoms with van der Waals surface area (Å²) in [6, 6.07) is 1.18. The van der Waals surface area contributed by atoms with Crippen LogP contribution in [0.1, 0.15) is 20.7 Å². The smallest absolute Gasteiger partial charge is 0.339 e. The van der Waals surface area contributed by atoms with Crippen LogP contribution < -0.4 is 5.73 Å². The number of hydrogen-bond acceptors (Lipinski definition) is 4. The molecule has 0 atom stereocenters. The molecule has 0 aliphatic carbocycles. The van der Waals surface area contributed by atoms with Crippen molar-refractivity contribution < 1.29 is 14.7 Å². The molecule has 0 bridgehead atoms. The highest BCUT2D eigenvalue weighted by molar-refractivity contribution is 5.94. The molecule has 0 aromatic carbocycles. The Morgan fingerprint density at radius 3 is 2.83 bits per heavy atom. The van der Waals surface area contributed by atoms with E-state index in [9.17, 15) is 9.59 Å². The van der Waals surface area contributed by atoms with Crippen molar-refractivity contribution in [3.63, 3.8) is 0 Å². The molecule has 0 fully saturated rings. The Bertz CT molecular complexity index is 335. The highest BCUT2D eigenvalue weighted by atomic mass is 16.4. The van der Waals surface area contributed by atoms with Gasteiger partial charge in [0.15, 0.2) is 6.29 Å². The van der Waals surface area contributed by atoms with Gasteiger partial charge in [-0.3, -0.25) is 4.79 Å². The first-order chi connectivity index (χ1) is 5.65. The van der Waals surface area contributed by atoms with Crippen molar-refractivity contribution >= 4 is 18.1 Å². The fraction of sp³-hybridized carbons (Fsp3) is 0. The average Bonchev–Trinajstić information content (AvgIpc) is 2.05. The number of aromatic nitrogens is 1. The van der Waals surface area contributed by atoms with Crippen LogP contribution in [0.5, 0.6) is 0 Å². The fourth-order valence-electron chi connectivity index (χ4n) is 0.727. The molecule has 12 heavy (non-hydrogen) atoms. The van der Waals surface area contributed by atoms with E-state index in [1.807, 2.05) is 0 Å². The predicted octanol–water partition coefficient (Wildman–Crippen LogP) is 0.175. The lowest BCUT2D eigenvalue weighted by molar-refractivity contribution is 0.0697. The zero-order chi connectivity index (χ0) is 9.14. The van der Waals surface area contributed by atoms with Crippen LogP contribution in [-0.4, -0.2) is 22.3 Å². The largest absolute Gasteiger partial charge is 0.478 e. The number of aromatic carboxylic acids is 1. The van der Waals surface area contributed by atoms with Gasteiger partial charge in [-0.1, -0.05) is 0 Å². The molecule has 0 saturated heterocycles. The summed E-state index contributed by atoms with van der Waals surface area (Å²) in [6.07, 6.45) is 1.73. The van der Waals surface area contributed by atoms with Crippen LogP contribution in [0.25, 0.3) is 0 Å². The highest BCUT2D eigenvalue weighted by Crippen LogP contribution is 2.08. The summed E-state index contributed by atoms with van der Waals surface area (Å²) in [5.74, 6) is -1.28.